The molecule has 0 aliphatic carbocycles. The minimum atomic E-state index is -0.621. The smallest absolute Gasteiger partial charge is 0.330 e. The second-order valence-electron chi connectivity index (χ2n) is 12.0. The van der Waals surface area contributed by atoms with Crippen molar-refractivity contribution < 1.29 is 19.0 Å². The van der Waals surface area contributed by atoms with E-state index in [1.165, 1.54) is 22.8 Å². The molecule has 37 heavy (non-hydrogen) atoms. The molecule has 2 aromatic carbocycles. The lowest BCUT2D eigenvalue weighted by Crippen LogP contribution is -2.31. The number of hydrogen-bond donors (Lipinski definition) is 0. The Morgan fingerprint density at radius 2 is 1.24 bits per heavy atom. The highest BCUT2D eigenvalue weighted by molar-refractivity contribution is 5.81. The lowest BCUT2D eigenvalue weighted by molar-refractivity contribution is -0.153. The largest absolute Gasteiger partial charge is 0.456 e. The fourth-order valence-corrected chi connectivity index (χ4v) is 4.29. The minimum Gasteiger partial charge on any atom is -0.456 e. The molecule has 2 rings (SSSR count). The maximum Gasteiger partial charge on any atom is 0.330 e. The van der Waals surface area contributed by atoms with Crippen LogP contribution in [-0.4, -0.2) is 24.8 Å². The molecular formula is C33H48O4. The molecule has 4 nitrogen and oxygen atoms in total. The van der Waals surface area contributed by atoms with Crippen molar-refractivity contribution in [2.75, 3.05) is 13.2 Å². The molecule has 204 valence electrons. The summed E-state index contributed by atoms with van der Waals surface area (Å²) in [4.78, 5) is 11.6. The fourth-order valence-electron chi connectivity index (χ4n) is 4.29. The van der Waals surface area contributed by atoms with E-state index in [-0.39, 0.29) is 11.0 Å². The molecule has 0 fully saturated rings. The average molecular weight is 509 g/mol. The zero-order chi connectivity index (χ0) is 27.9. The Kier molecular flexibility index (Phi) is 10.3. The second-order valence-corrected chi connectivity index (χ2v) is 12.0. The molecule has 0 aromatic heterocycles. The first kappa shape index (κ1) is 30.8. The van der Waals surface area contributed by atoms with E-state index in [0.717, 1.165) is 25.0 Å². The van der Waals surface area contributed by atoms with Crippen molar-refractivity contribution in [3.8, 4) is 0 Å². The Balaban J connectivity index is 2.22. The lowest BCUT2D eigenvalue weighted by Gasteiger charge is -2.33. The van der Waals surface area contributed by atoms with Gasteiger partial charge in [-0.15, -0.1) is 0 Å². The van der Waals surface area contributed by atoms with Crippen molar-refractivity contribution in [2.24, 2.45) is 0 Å². The number of carbonyl (C=O) groups is 1. The predicted molar refractivity (Wildman–Crippen MR) is 153 cm³/mol. The van der Waals surface area contributed by atoms with E-state index in [1.807, 2.05) is 13.8 Å². The molecule has 0 heterocycles. The van der Waals surface area contributed by atoms with Gasteiger partial charge in [-0.05, 0) is 70.2 Å². The Morgan fingerprint density at radius 3 is 1.70 bits per heavy atom. The Morgan fingerprint density at radius 1 is 0.784 bits per heavy atom. The van der Waals surface area contributed by atoms with Crippen LogP contribution in [0, 0.1) is 0 Å². The molecule has 4 heteroatoms. The molecule has 0 unspecified atom stereocenters. The summed E-state index contributed by atoms with van der Waals surface area (Å²) < 4.78 is 18.0. The van der Waals surface area contributed by atoms with Crippen molar-refractivity contribution in [2.45, 2.75) is 104 Å². The third-order valence-corrected chi connectivity index (χ3v) is 7.23. The zero-order valence-electron chi connectivity index (χ0n) is 24.6. The topological polar surface area (TPSA) is 44.8 Å². The van der Waals surface area contributed by atoms with Gasteiger partial charge in [0.05, 0.1) is 17.8 Å². The number of benzene rings is 2. The quantitative estimate of drug-likeness (QED) is 0.146. The number of unbranched alkanes of at least 4 members (excludes halogenated alkanes) is 1. The van der Waals surface area contributed by atoms with Crippen molar-refractivity contribution in [3.05, 3.63) is 83.4 Å². The first-order valence-corrected chi connectivity index (χ1v) is 13.5. The van der Waals surface area contributed by atoms with Crippen molar-refractivity contribution in [1.82, 2.24) is 0 Å². The third-order valence-electron chi connectivity index (χ3n) is 7.23. The molecule has 0 atom stereocenters. The van der Waals surface area contributed by atoms with Crippen LogP contribution in [0.2, 0.25) is 0 Å². The summed E-state index contributed by atoms with van der Waals surface area (Å²) in [6.45, 7) is 23.6. The molecule has 2 aromatic rings. The van der Waals surface area contributed by atoms with E-state index in [0.29, 0.717) is 13.0 Å². The van der Waals surface area contributed by atoms with E-state index in [9.17, 15) is 4.79 Å². The van der Waals surface area contributed by atoms with Gasteiger partial charge in [-0.1, -0.05) is 82.3 Å². The summed E-state index contributed by atoms with van der Waals surface area (Å²) in [5.41, 5.74) is 3.11. The maximum atomic E-state index is 11.6. The van der Waals surface area contributed by atoms with Crippen molar-refractivity contribution in [1.29, 1.82) is 0 Å². The SMILES string of the molecule is C=CC(=O)OC(C)(C)CCOC(C)(C)c1cccc(C(C)(C)c2cccc(C(C)(C)OCCCC)c2)c1. The van der Waals surface area contributed by atoms with E-state index in [4.69, 9.17) is 14.2 Å². The van der Waals surface area contributed by atoms with Crippen LogP contribution >= 0.6 is 0 Å². The first-order valence-electron chi connectivity index (χ1n) is 13.5. The Hall–Kier alpha value is -2.43. The van der Waals surface area contributed by atoms with Gasteiger partial charge in [0.15, 0.2) is 0 Å². The van der Waals surface area contributed by atoms with Crippen LogP contribution in [0.1, 0.15) is 104 Å². The monoisotopic (exact) mass is 508 g/mol. The van der Waals surface area contributed by atoms with E-state index in [2.05, 4.69) is 104 Å². The molecule has 0 saturated carbocycles. The highest BCUT2D eigenvalue weighted by atomic mass is 16.6. The van der Waals surface area contributed by atoms with E-state index in [1.54, 1.807) is 0 Å². The van der Waals surface area contributed by atoms with Crippen molar-refractivity contribution >= 4 is 5.97 Å². The van der Waals surface area contributed by atoms with Gasteiger partial charge in [0.25, 0.3) is 0 Å². The maximum absolute atomic E-state index is 11.6. The summed E-state index contributed by atoms with van der Waals surface area (Å²) in [5.74, 6) is -0.417. The van der Waals surface area contributed by atoms with Gasteiger partial charge in [0, 0.05) is 24.5 Å². The molecule has 0 amide bonds. The predicted octanol–water partition coefficient (Wildman–Crippen LogP) is 8.21. The number of ether oxygens (including phenoxy) is 3. The van der Waals surface area contributed by atoms with E-state index < -0.39 is 17.2 Å². The van der Waals surface area contributed by atoms with Crippen LogP contribution in [0.15, 0.2) is 61.2 Å². The van der Waals surface area contributed by atoms with Gasteiger partial charge in [-0.2, -0.15) is 0 Å². The van der Waals surface area contributed by atoms with Gasteiger partial charge in [-0.3, -0.25) is 0 Å². The van der Waals surface area contributed by atoms with Crippen molar-refractivity contribution in [3.63, 3.8) is 0 Å². The molecule has 0 radical (unpaired) electrons. The molecule has 0 saturated heterocycles. The molecule has 0 aliphatic heterocycles. The summed E-state index contributed by atoms with van der Waals surface area (Å²) in [6.07, 6.45) is 3.97. The van der Waals surface area contributed by atoms with Crippen LogP contribution in [0.3, 0.4) is 0 Å². The van der Waals surface area contributed by atoms with Crippen LogP contribution in [0.25, 0.3) is 0 Å². The van der Waals surface area contributed by atoms with Gasteiger partial charge < -0.3 is 14.2 Å². The van der Waals surface area contributed by atoms with E-state index >= 15 is 0 Å². The highest BCUT2D eigenvalue weighted by Gasteiger charge is 2.30. The fraction of sp³-hybridized carbons (Fsp3) is 0.545. The first-order chi connectivity index (χ1) is 17.1. The number of rotatable bonds is 14. The standard InChI is InChI=1S/C33H48O4/c1-11-13-21-35-32(7,8)27-18-14-16-25(23-27)31(5,6)26-17-15-19-28(24-26)33(9,10)36-22-20-30(3,4)37-29(34)12-2/h12,14-19,23-24H,2,11,13,20-22H2,1,3-10H3. The molecule has 0 bridgehead atoms. The van der Waals surface area contributed by atoms with Gasteiger partial charge in [0.1, 0.15) is 5.60 Å². The third kappa shape index (κ3) is 8.55. The van der Waals surface area contributed by atoms with Crippen LogP contribution < -0.4 is 0 Å². The second kappa shape index (κ2) is 12.4. The number of carbonyl (C=O) groups excluding carboxylic acids is 1. The number of hydrogen-bond acceptors (Lipinski definition) is 4. The number of esters is 1. The Labute approximate surface area is 225 Å². The van der Waals surface area contributed by atoms with Crippen LogP contribution in [0.5, 0.6) is 0 Å². The summed E-state index contributed by atoms with van der Waals surface area (Å²) >= 11 is 0. The average Bonchev–Trinajstić information content (AvgIpc) is 2.83. The minimum absolute atomic E-state index is 0.206. The van der Waals surface area contributed by atoms with Gasteiger partial charge >= 0.3 is 5.97 Å². The summed E-state index contributed by atoms with van der Waals surface area (Å²) in [6, 6.07) is 17.4. The van der Waals surface area contributed by atoms with Crippen LogP contribution in [0.4, 0.5) is 0 Å². The normalized spacial score (nSPS) is 12.9. The highest BCUT2D eigenvalue weighted by Crippen LogP contribution is 2.37. The Bertz CT molecular complexity index is 1050. The molecule has 0 spiro atoms. The molecule has 0 aliphatic rings. The lowest BCUT2D eigenvalue weighted by atomic mass is 9.76. The van der Waals surface area contributed by atoms with Crippen LogP contribution in [-0.2, 0) is 35.6 Å². The molecule has 0 N–H and O–H groups in total. The van der Waals surface area contributed by atoms with Gasteiger partial charge in [0.2, 0.25) is 0 Å². The summed E-state index contributed by atoms with van der Waals surface area (Å²) in [7, 11) is 0. The van der Waals surface area contributed by atoms with Gasteiger partial charge in [-0.25, -0.2) is 4.79 Å². The summed E-state index contributed by atoms with van der Waals surface area (Å²) in [5, 5.41) is 0. The zero-order valence-corrected chi connectivity index (χ0v) is 24.6. The molecular weight excluding hydrogens is 460 g/mol.